The minimum atomic E-state index is -3.08. The summed E-state index contributed by atoms with van der Waals surface area (Å²) in [6, 6.07) is 7.77. The molecule has 6 nitrogen and oxygen atoms in total. The summed E-state index contributed by atoms with van der Waals surface area (Å²) in [5.41, 5.74) is 0.869. The van der Waals surface area contributed by atoms with Crippen LogP contribution in [-0.4, -0.2) is 43.3 Å². The van der Waals surface area contributed by atoms with Gasteiger partial charge >= 0.3 is 0 Å². The van der Waals surface area contributed by atoms with E-state index in [4.69, 9.17) is 4.42 Å². The summed E-state index contributed by atoms with van der Waals surface area (Å²) in [7, 11) is -3.08. The van der Waals surface area contributed by atoms with Gasteiger partial charge in [0.05, 0.1) is 30.9 Å². The smallest absolute Gasteiger partial charge is 0.238 e. The molecule has 26 heavy (non-hydrogen) atoms. The Balaban J connectivity index is 1.69. The van der Waals surface area contributed by atoms with Gasteiger partial charge in [-0.05, 0) is 43.2 Å². The first kappa shape index (κ1) is 18.6. The number of rotatable bonds is 6. The fourth-order valence-electron chi connectivity index (χ4n) is 3.04. The summed E-state index contributed by atoms with van der Waals surface area (Å²) < 4.78 is 42.6. The summed E-state index contributed by atoms with van der Waals surface area (Å²) in [6.45, 7) is 1.98. The lowest BCUT2D eigenvalue weighted by Gasteiger charge is -2.26. The maximum atomic E-state index is 13.6. The molecule has 1 N–H and O–H groups in total. The maximum absolute atomic E-state index is 13.6. The van der Waals surface area contributed by atoms with Crippen LogP contribution in [0.5, 0.6) is 0 Å². The average molecular weight is 380 g/mol. The number of nitrogens with zero attached hydrogens (tertiary/aromatic N) is 1. The van der Waals surface area contributed by atoms with Crippen LogP contribution in [0, 0.1) is 12.7 Å². The van der Waals surface area contributed by atoms with Crippen molar-refractivity contribution in [3.05, 3.63) is 53.7 Å². The molecule has 140 valence electrons. The van der Waals surface area contributed by atoms with Gasteiger partial charge in [-0.3, -0.25) is 9.69 Å². The lowest BCUT2D eigenvalue weighted by atomic mass is 10.2. The third-order valence-electron chi connectivity index (χ3n) is 4.47. The Morgan fingerprint density at radius 2 is 2.19 bits per heavy atom. The van der Waals surface area contributed by atoms with Crippen molar-refractivity contribution in [1.82, 2.24) is 4.90 Å². The maximum Gasteiger partial charge on any atom is 0.238 e. The number of nitrogens with one attached hydrogen (secondary N) is 1. The van der Waals surface area contributed by atoms with Crippen LogP contribution >= 0.6 is 0 Å². The lowest BCUT2D eigenvalue weighted by Crippen LogP contribution is -2.41. The molecule has 0 bridgehead atoms. The van der Waals surface area contributed by atoms with Gasteiger partial charge in [0.15, 0.2) is 9.84 Å². The largest absolute Gasteiger partial charge is 0.468 e. The molecule has 8 heteroatoms. The molecule has 1 saturated heterocycles. The number of benzene rings is 1. The zero-order chi connectivity index (χ0) is 18.7. The van der Waals surface area contributed by atoms with Crippen LogP contribution in [0.2, 0.25) is 0 Å². The van der Waals surface area contributed by atoms with Crippen LogP contribution in [0.1, 0.15) is 17.7 Å². The number of amides is 1. The molecule has 2 aromatic rings. The number of carbonyl (C=O) groups excluding carboxylic acids is 1. The van der Waals surface area contributed by atoms with Crippen molar-refractivity contribution in [3.63, 3.8) is 0 Å². The molecule has 1 amide bonds. The molecule has 1 aromatic heterocycles. The molecule has 1 aliphatic rings. The van der Waals surface area contributed by atoms with Crippen molar-refractivity contribution >= 4 is 21.4 Å². The van der Waals surface area contributed by atoms with Gasteiger partial charge in [-0.15, -0.1) is 0 Å². The number of hydrogen-bond donors (Lipinski definition) is 1. The molecular formula is C18H21FN2O4S. The normalized spacial score (nSPS) is 19.0. The molecule has 0 unspecified atom stereocenters. The topological polar surface area (TPSA) is 79.6 Å². The van der Waals surface area contributed by atoms with E-state index in [9.17, 15) is 17.6 Å². The first-order chi connectivity index (χ1) is 12.3. The van der Waals surface area contributed by atoms with Gasteiger partial charge in [0, 0.05) is 11.7 Å². The molecule has 0 spiro atoms. The number of hydrogen-bond acceptors (Lipinski definition) is 5. The van der Waals surface area contributed by atoms with Crippen molar-refractivity contribution < 1.29 is 22.0 Å². The van der Waals surface area contributed by atoms with Crippen molar-refractivity contribution in [3.8, 4) is 0 Å². The molecule has 0 radical (unpaired) electrons. The second kappa shape index (κ2) is 7.59. The van der Waals surface area contributed by atoms with Crippen LogP contribution in [0.15, 0.2) is 41.0 Å². The Bertz CT molecular complexity index is 881. The van der Waals surface area contributed by atoms with Crippen molar-refractivity contribution in [1.29, 1.82) is 0 Å². The molecule has 1 aliphatic heterocycles. The van der Waals surface area contributed by atoms with Gasteiger partial charge in [0.1, 0.15) is 11.6 Å². The first-order valence-corrected chi connectivity index (χ1v) is 10.2. The molecule has 1 fully saturated rings. The highest BCUT2D eigenvalue weighted by Gasteiger charge is 2.33. The molecule has 1 atom stereocenters. The van der Waals surface area contributed by atoms with E-state index in [0.29, 0.717) is 30.0 Å². The van der Waals surface area contributed by atoms with Crippen molar-refractivity contribution in [2.24, 2.45) is 0 Å². The zero-order valence-corrected chi connectivity index (χ0v) is 15.3. The van der Waals surface area contributed by atoms with Gasteiger partial charge in [-0.25, -0.2) is 12.8 Å². The average Bonchev–Trinajstić information content (AvgIpc) is 3.19. The van der Waals surface area contributed by atoms with E-state index >= 15 is 0 Å². The quantitative estimate of drug-likeness (QED) is 0.832. The van der Waals surface area contributed by atoms with Crippen LogP contribution in [0.25, 0.3) is 0 Å². The van der Waals surface area contributed by atoms with E-state index in [0.717, 1.165) is 0 Å². The third-order valence-corrected chi connectivity index (χ3v) is 6.22. The summed E-state index contributed by atoms with van der Waals surface area (Å²) in [5, 5.41) is 2.66. The highest BCUT2D eigenvalue weighted by molar-refractivity contribution is 7.91. The molecule has 2 heterocycles. The highest BCUT2D eigenvalue weighted by atomic mass is 32.2. The SMILES string of the molecule is Cc1ccc(NC(=O)CN(Cc2ccco2)[C@H]2CCS(=O)(=O)C2)cc1F. The molecular weight excluding hydrogens is 359 g/mol. The van der Waals surface area contributed by atoms with Crippen LogP contribution in [-0.2, 0) is 21.2 Å². The number of anilines is 1. The second-order valence-electron chi connectivity index (χ2n) is 6.55. The Kier molecular flexibility index (Phi) is 5.43. The van der Waals surface area contributed by atoms with E-state index in [2.05, 4.69) is 5.32 Å². The minimum absolute atomic E-state index is 0.00359. The monoisotopic (exact) mass is 380 g/mol. The van der Waals surface area contributed by atoms with E-state index in [1.165, 1.54) is 12.3 Å². The van der Waals surface area contributed by atoms with E-state index in [1.54, 1.807) is 36.1 Å². The Morgan fingerprint density at radius 3 is 2.81 bits per heavy atom. The molecule has 0 saturated carbocycles. The molecule has 0 aliphatic carbocycles. The number of furan rings is 1. The first-order valence-electron chi connectivity index (χ1n) is 8.35. The van der Waals surface area contributed by atoms with Crippen LogP contribution in [0.3, 0.4) is 0 Å². The lowest BCUT2D eigenvalue weighted by molar-refractivity contribution is -0.118. The Morgan fingerprint density at radius 1 is 1.38 bits per heavy atom. The van der Waals surface area contributed by atoms with E-state index < -0.39 is 15.7 Å². The fraction of sp³-hybridized carbons (Fsp3) is 0.389. The third kappa shape index (κ3) is 4.70. The van der Waals surface area contributed by atoms with E-state index in [-0.39, 0.29) is 30.0 Å². The van der Waals surface area contributed by atoms with Crippen LogP contribution in [0.4, 0.5) is 10.1 Å². The summed E-state index contributed by atoms with van der Waals surface area (Å²) >= 11 is 0. The standard InChI is InChI=1S/C18H21FN2O4S/c1-13-4-5-14(9-17(13)19)20-18(22)11-21(10-16-3-2-7-25-16)15-6-8-26(23,24)12-15/h2-5,7,9,15H,6,8,10-12H2,1H3,(H,20,22)/t15-/m0/s1. The second-order valence-corrected chi connectivity index (χ2v) is 8.78. The van der Waals surface area contributed by atoms with Gasteiger partial charge in [-0.1, -0.05) is 6.07 Å². The Hall–Kier alpha value is -2.19. The molecule has 1 aromatic carbocycles. The highest BCUT2D eigenvalue weighted by Crippen LogP contribution is 2.21. The zero-order valence-electron chi connectivity index (χ0n) is 14.4. The van der Waals surface area contributed by atoms with E-state index in [1.807, 2.05) is 0 Å². The minimum Gasteiger partial charge on any atom is -0.468 e. The number of carbonyl (C=O) groups is 1. The van der Waals surface area contributed by atoms with Crippen molar-refractivity contribution in [2.45, 2.75) is 25.9 Å². The van der Waals surface area contributed by atoms with Gasteiger partial charge in [-0.2, -0.15) is 0 Å². The van der Waals surface area contributed by atoms with Gasteiger partial charge in [0.25, 0.3) is 0 Å². The van der Waals surface area contributed by atoms with Crippen molar-refractivity contribution in [2.75, 3.05) is 23.4 Å². The number of aryl methyl sites for hydroxylation is 1. The summed E-state index contributed by atoms with van der Waals surface area (Å²) in [6.07, 6.45) is 2.02. The van der Waals surface area contributed by atoms with Gasteiger partial charge in [0.2, 0.25) is 5.91 Å². The summed E-state index contributed by atoms with van der Waals surface area (Å²) in [5.74, 6) is 0.0850. The predicted octanol–water partition coefficient (Wildman–Crippen LogP) is 2.35. The fourth-order valence-corrected chi connectivity index (χ4v) is 4.80. The number of sulfone groups is 1. The predicted molar refractivity (Wildman–Crippen MR) is 95.9 cm³/mol. The van der Waals surface area contributed by atoms with Gasteiger partial charge < -0.3 is 9.73 Å². The number of halogens is 1. The summed E-state index contributed by atoms with van der Waals surface area (Å²) in [4.78, 5) is 14.2. The molecule has 3 rings (SSSR count). The van der Waals surface area contributed by atoms with Crippen LogP contribution < -0.4 is 5.32 Å². The Labute approximate surface area is 151 Å².